The SMILES string of the molecule is CC(C)(C)COC1CCC(CC(C)(C)N2C(=O)CC(SC(C)(C)C)C2=O)CCC2N=NN(C(C)(C)C)C21. The Morgan fingerprint density at radius 3 is 2.11 bits per heavy atom. The highest BCUT2D eigenvalue weighted by Crippen LogP contribution is 2.42. The van der Waals surface area contributed by atoms with Gasteiger partial charge in [-0.25, -0.2) is 0 Å². The summed E-state index contributed by atoms with van der Waals surface area (Å²) in [5.74, 6) is 0.350. The van der Waals surface area contributed by atoms with Crippen LogP contribution in [0.1, 0.15) is 115 Å². The monoisotopic (exact) mass is 536 g/mol. The van der Waals surface area contributed by atoms with E-state index >= 15 is 0 Å². The summed E-state index contributed by atoms with van der Waals surface area (Å²) >= 11 is 1.61. The van der Waals surface area contributed by atoms with Crippen LogP contribution < -0.4 is 0 Å². The zero-order valence-corrected chi connectivity index (χ0v) is 26.1. The maximum absolute atomic E-state index is 13.3. The maximum atomic E-state index is 13.3. The van der Waals surface area contributed by atoms with Crippen LogP contribution in [0.2, 0.25) is 0 Å². The van der Waals surface area contributed by atoms with Crippen molar-refractivity contribution in [2.75, 3.05) is 6.61 Å². The molecular weight excluding hydrogens is 484 g/mol. The van der Waals surface area contributed by atoms with Crippen molar-refractivity contribution in [3.63, 3.8) is 0 Å². The number of thioether (sulfide) groups is 1. The first kappa shape index (κ1) is 30.4. The van der Waals surface area contributed by atoms with Crippen LogP contribution in [-0.4, -0.2) is 67.6 Å². The number of nitrogens with zero attached hydrogens (tertiary/aromatic N) is 4. The van der Waals surface area contributed by atoms with E-state index in [1.807, 2.05) is 0 Å². The van der Waals surface area contributed by atoms with Gasteiger partial charge in [-0.15, -0.1) is 11.8 Å². The summed E-state index contributed by atoms with van der Waals surface area (Å²) in [4.78, 5) is 28.0. The van der Waals surface area contributed by atoms with Gasteiger partial charge < -0.3 is 4.74 Å². The molecule has 0 aromatic heterocycles. The fourth-order valence-corrected chi connectivity index (χ4v) is 7.33. The minimum absolute atomic E-state index is 0.0161. The van der Waals surface area contributed by atoms with E-state index in [1.54, 1.807) is 16.7 Å². The highest BCUT2D eigenvalue weighted by molar-refractivity contribution is 8.01. The molecule has 0 spiro atoms. The number of amides is 2. The topological polar surface area (TPSA) is 74.6 Å². The van der Waals surface area contributed by atoms with Crippen LogP contribution in [-0.2, 0) is 14.3 Å². The van der Waals surface area contributed by atoms with Crippen molar-refractivity contribution in [1.82, 2.24) is 9.91 Å². The summed E-state index contributed by atoms with van der Waals surface area (Å²) in [6.45, 7) is 24.3. The van der Waals surface area contributed by atoms with Gasteiger partial charge in [0.05, 0.1) is 35.6 Å². The summed E-state index contributed by atoms with van der Waals surface area (Å²) in [6.07, 6.45) is 5.07. The third-order valence-electron chi connectivity index (χ3n) is 7.50. The first-order chi connectivity index (χ1) is 16.8. The van der Waals surface area contributed by atoms with Crippen LogP contribution in [0.5, 0.6) is 0 Å². The number of ether oxygens (including phenoxy) is 1. The summed E-state index contributed by atoms with van der Waals surface area (Å²) in [5.41, 5.74) is -0.553. The van der Waals surface area contributed by atoms with E-state index in [0.717, 1.165) is 32.1 Å². The van der Waals surface area contributed by atoms with E-state index in [-0.39, 0.29) is 51.0 Å². The Labute approximate surface area is 229 Å². The smallest absolute Gasteiger partial charge is 0.243 e. The third kappa shape index (κ3) is 7.71. The molecule has 3 aliphatic rings. The number of hydrogen-bond acceptors (Lipinski definition) is 7. The summed E-state index contributed by atoms with van der Waals surface area (Å²) in [6, 6.07) is 0.256. The lowest BCUT2D eigenvalue weighted by atomic mass is 9.78. The lowest BCUT2D eigenvalue weighted by Gasteiger charge is -2.43. The highest BCUT2D eigenvalue weighted by Gasteiger charge is 2.49. The van der Waals surface area contributed by atoms with E-state index in [9.17, 15) is 9.59 Å². The molecule has 1 saturated carbocycles. The van der Waals surface area contributed by atoms with E-state index < -0.39 is 5.54 Å². The van der Waals surface area contributed by atoms with Gasteiger partial charge in [0.15, 0.2) is 0 Å². The maximum Gasteiger partial charge on any atom is 0.243 e. The Balaban J connectivity index is 1.75. The van der Waals surface area contributed by atoms with Gasteiger partial charge in [-0.3, -0.25) is 19.5 Å². The second-order valence-electron chi connectivity index (χ2n) is 15.2. The van der Waals surface area contributed by atoms with E-state index in [4.69, 9.17) is 9.85 Å². The molecule has 0 N–H and O–H groups in total. The second-order valence-corrected chi connectivity index (χ2v) is 17.2. The number of carbonyl (C=O) groups is 2. The van der Waals surface area contributed by atoms with Crippen LogP contribution >= 0.6 is 11.8 Å². The lowest BCUT2D eigenvalue weighted by molar-refractivity contribution is -0.145. The van der Waals surface area contributed by atoms with Gasteiger partial charge in [-0.05, 0) is 78.1 Å². The molecule has 1 aliphatic carbocycles. The zero-order chi connectivity index (χ0) is 28.0. The van der Waals surface area contributed by atoms with Gasteiger partial charge in [-0.2, -0.15) is 5.11 Å². The Morgan fingerprint density at radius 2 is 1.54 bits per heavy atom. The molecule has 8 heteroatoms. The molecular formula is C29H52N4O3S. The fourth-order valence-electron chi connectivity index (χ4n) is 6.05. The largest absolute Gasteiger partial charge is 0.375 e. The van der Waals surface area contributed by atoms with Crippen molar-refractivity contribution in [2.45, 2.75) is 154 Å². The Morgan fingerprint density at radius 1 is 0.919 bits per heavy atom. The Bertz CT molecular complexity index is 868. The molecule has 0 aromatic carbocycles. The van der Waals surface area contributed by atoms with Crippen LogP contribution in [0.3, 0.4) is 0 Å². The molecule has 0 aromatic rings. The number of carbonyl (C=O) groups excluding carboxylic acids is 2. The minimum atomic E-state index is -0.513. The molecule has 0 bridgehead atoms. The lowest BCUT2D eigenvalue weighted by Crippen LogP contribution is -2.54. The quantitative estimate of drug-likeness (QED) is 0.355. The first-order valence-corrected chi connectivity index (χ1v) is 15.0. The van der Waals surface area contributed by atoms with Crippen LogP contribution in [0, 0.1) is 11.3 Å². The Hall–Kier alpha value is -1.15. The van der Waals surface area contributed by atoms with E-state index in [0.29, 0.717) is 18.9 Å². The number of fused-ring (bicyclic) bond motifs is 1. The van der Waals surface area contributed by atoms with Gasteiger partial charge in [-0.1, -0.05) is 46.8 Å². The summed E-state index contributed by atoms with van der Waals surface area (Å²) < 4.78 is 6.55. The standard InChI is InChI=1S/C29H52N4O3S/c1-26(2,3)18-36-21-15-13-19(12-14-20-24(21)33(31-30-20)27(4,5)6)17-29(10,11)32-23(34)16-22(25(32)35)37-28(7,8)9/h19-22,24H,12-18H2,1-11H3. The molecule has 1 saturated heterocycles. The Kier molecular flexibility index (Phi) is 8.86. The van der Waals surface area contributed by atoms with Crippen molar-refractivity contribution in [2.24, 2.45) is 21.7 Å². The minimum Gasteiger partial charge on any atom is -0.375 e. The average molecular weight is 537 g/mol. The van der Waals surface area contributed by atoms with Crippen LogP contribution in [0.15, 0.2) is 10.3 Å². The number of hydrogen-bond donors (Lipinski definition) is 0. The molecule has 0 radical (unpaired) electrons. The van der Waals surface area contributed by atoms with Crippen molar-refractivity contribution in [1.29, 1.82) is 0 Å². The van der Waals surface area contributed by atoms with Gasteiger partial charge in [0.2, 0.25) is 11.8 Å². The van der Waals surface area contributed by atoms with Crippen molar-refractivity contribution in [3.05, 3.63) is 0 Å². The number of imide groups is 1. The predicted octanol–water partition coefficient (Wildman–Crippen LogP) is 6.65. The van der Waals surface area contributed by atoms with Gasteiger partial charge in [0.1, 0.15) is 0 Å². The molecule has 5 unspecified atom stereocenters. The molecule has 5 atom stereocenters. The zero-order valence-electron chi connectivity index (χ0n) is 25.3. The average Bonchev–Trinajstić information content (AvgIpc) is 3.22. The molecule has 37 heavy (non-hydrogen) atoms. The summed E-state index contributed by atoms with van der Waals surface area (Å²) in [5, 5.41) is 11.3. The molecule has 2 aliphatic heterocycles. The van der Waals surface area contributed by atoms with Crippen LogP contribution in [0.25, 0.3) is 0 Å². The molecule has 212 valence electrons. The van der Waals surface area contributed by atoms with E-state index in [1.165, 1.54) is 0 Å². The summed E-state index contributed by atoms with van der Waals surface area (Å²) in [7, 11) is 0. The van der Waals surface area contributed by atoms with Crippen molar-refractivity contribution >= 4 is 23.6 Å². The van der Waals surface area contributed by atoms with Gasteiger partial charge >= 0.3 is 0 Å². The van der Waals surface area contributed by atoms with Crippen LogP contribution in [0.4, 0.5) is 0 Å². The second kappa shape index (κ2) is 10.8. The number of rotatable bonds is 6. The fraction of sp³-hybridized carbons (Fsp3) is 0.931. The predicted molar refractivity (Wildman–Crippen MR) is 151 cm³/mol. The van der Waals surface area contributed by atoms with Crippen molar-refractivity contribution in [3.8, 4) is 0 Å². The molecule has 3 rings (SSSR count). The first-order valence-electron chi connectivity index (χ1n) is 14.1. The van der Waals surface area contributed by atoms with E-state index in [2.05, 4.69) is 86.4 Å². The highest BCUT2D eigenvalue weighted by atomic mass is 32.2. The normalized spacial score (nSPS) is 30.1. The molecule has 7 nitrogen and oxygen atoms in total. The number of likely N-dealkylation sites (tertiary alicyclic amines) is 1. The van der Waals surface area contributed by atoms with Gasteiger partial charge in [0.25, 0.3) is 0 Å². The molecule has 2 heterocycles. The molecule has 2 amide bonds. The van der Waals surface area contributed by atoms with Gasteiger partial charge in [0, 0.05) is 16.7 Å². The van der Waals surface area contributed by atoms with Crippen molar-refractivity contribution < 1.29 is 14.3 Å². The molecule has 2 fully saturated rings. The third-order valence-corrected chi connectivity index (χ3v) is 8.86.